The Hall–Kier alpha value is -2.02. The smallest absolute Gasteiger partial charge is 0.144 e. The van der Waals surface area contributed by atoms with Gasteiger partial charge in [0.05, 0.1) is 17.4 Å². The summed E-state index contributed by atoms with van der Waals surface area (Å²) in [4.78, 5) is 3.98. The largest absolute Gasteiger partial charge is 0.397 e. The molecule has 1 aromatic rings. The second-order valence-corrected chi connectivity index (χ2v) is 2.45. The molecule has 0 aliphatic heterocycles. The third-order valence-electron chi connectivity index (χ3n) is 1.44. The summed E-state index contributed by atoms with van der Waals surface area (Å²) in [6, 6.07) is 3.59. The molecule has 0 aliphatic rings. The van der Waals surface area contributed by atoms with Crippen molar-refractivity contribution in [2.24, 2.45) is 0 Å². The predicted octanol–water partition coefficient (Wildman–Crippen LogP) is 1.13. The number of pyridine rings is 1. The predicted molar refractivity (Wildman–Crippen MR) is 52.1 cm³/mol. The zero-order chi connectivity index (χ0) is 9.68. The molecule has 0 spiro atoms. The van der Waals surface area contributed by atoms with Gasteiger partial charge in [-0.1, -0.05) is 6.08 Å². The van der Waals surface area contributed by atoms with Crippen molar-refractivity contribution in [3.63, 3.8) is 0 Å². The molecule has 0 saturated carbocycles. The topological polar surface area (TPSA) is 74.7 Å². The Bertz CT molecular complexity index is 351. The van der Waals surface area contributed by atoms with Crippen molar-refractivity contribution in [2.45, 2.75) is 0 Å². The lowest BCUT2D eigenvalue weighted by Crippen LogP contribution is -2.03. The van der Waals surface area contributed by atoms with Crippen LogP contribution in [0.4, 0.5) is 11.5 Å². The molecule has 13 heavy (non-hydrogen) atoms. The second-order valence-electron chi connectivity index (χ2n) is 2.45. The van der Waals surface area contributed by atoms with Crippen molar-refractivity contribution < 1.29 is 0 Å². The van der Waals surface area contributed by atoms with Crippen LogP contribution in [0.5, 0.6) is 0 Å². The zero-order valence-corrected chi connectivity index (χ0v) is 7.12. The number of nitrogens with one attached hydrogen (secondary N) is 1. The van der Waals surface area contributed by atoms with E-state index < -0.39 is 0 Å². The summed E-state index contributed by atoms with van der Waals surface area (Å²) < 4.78 is 0. The van der Waals surface area contributed by atoms with Crippen molar-refractivity contribution >= 4 is 11.5 Å². The minimum atomic E-state index is 0.446. The fourth-order valence-electron chi connectivity index (χ4n) is 0.876. The number of nitrogen functional groups attached to an aromatic ring is 1. The van der Waals surface area contributed by atoms with E-state index >= 15 is 0 Å². The first-order chi connectivity index (χ1) is 6.27. The van der Waals surface area contributed by atoms with Crippen LogP contribution in [0.1, 0.15) is 5.56 Å². The van der Waals surface area contributed by atoms with Gasteiger partial charge in [0, 0.05) is 6.54 Å². The molecule has 0 atom stereocenters. The molecule has 4 nitrogen and oxygen atoms in total. The van der Waals surface area contributed by atoms with Crippen molar-refractivity contribution in [3.8, 4) is 6.07 Å². The minimum Gasteiger partial charge on any atom is -0.397 e. The normalized spacial score (nSPS) is 8.85. The molecule has 1 heterocycles. The first-order valence-electron chi connectivity index (χ1n) is 3.78. The molecule has 4 heteroatoms. The standard InChI is InChI=1S/C9H10N4/c1-2-3-12-9-7(5-10)4-8(11)6-13-9/h2,4,6H,1,3,11H2,(H,12,13). The van der Waals surface area contributed by atoms with E-state index in [0.29, 0.717) is 23.6 Å². The average Bonchev–Trinajstić information content (AvgIpc) is 2.16. The van der Waals surface area contributed by atoms with Crippen LogP contribution in [0.15, 0.2) is 24.9 Å². The van der Waals surface area contributed by atoms with Gasteiger partial charge in [0.15, 0.2) is 0 Å². The average molecular weight is 174 g/mol. The van der Waals surface area contributed by atoms with E-state index in [4.69, 9.17) is 11.0 Å². The van der Waals surface area contributed by atoms with Crippen LogP contribution in [-0.2, 0) is 0 Å². The van der Waals surface area contributed by atoms with E-state index in [-0.39, 0.29) is 0 Å². The molecular formula is C9H10N4. The third-order valence-corrected chi connectivity index (χ3v) is 1.44. The van der Waals surface area contributed by atoms with Crippen molar-refractivity contribution in [3.05, 3.63) is 30.5 Å². The molecule has 0 aromatic carbocycles. The maximum atomic E-state index is 8.73. The Labute approximate surface area is 76.7 Å². The number of hydrogen-bond donors (Lipinski definition) is 2. The number of nitriles is 1. The first-order valence-corrected chi connectivity index (χ1v) is 3.78. The Morgan fingerprint density at radius 2 is 2.54 bits per heavy atom. The summed E-state index contributed by atoms with van der Waals surface area (Å²) in [7, 11) is 0. The lowest BCUT2D eigenvalue weighted by Gasteiger charge is -2.04. The highest BCUT2D eigenvalue weighted by Crippen LogP contribution is 2.13. The van der Waals surface area contributed by atoms with Crippen molar-refractivity contribution in [2.75, 3.05) is 17.6 Å². The van der Waals surface area contributed by atoms with Crippen LogP contribution in [0.3, 0.4) is 0 Å². The molecule has 1 rings (SSSR count). The van der Waals surface area contributed by atoms with Crippen molar-refractivity contribution in [1.82, 2.24) is 4.98 Å². The molecule has 3 N–H and O–H groups in total. The number of hydrogen-bond acceptors (Lipinski definition) is 4. The fourth-order valence-corrected chi connectivity index (χ4v) is 0.876. The molecule has 0 radical (unpaired) electrons. The molecule has 0 saturated heterocycles. The summed E-state index contributed by atoms with van der Waals surface area (Å²) in [6.45, 7) is 4.13. The highest BCUT2D eigenvalue weighted by Gasteiger charge is 2.01. The van der Waals surface area contributed by atoms with Gasteiger partial charge in [-0.05, 0) is 6.07 Å². The van der Waals surface area contributed by atoms with Crippen LogP contribution in [0.2, 0.25) is 0 Å². The van der Waals surface area contributed by atoms with Crippen LogP contribution < -0.4 is 11.1 Å². The summed E-state index contributed by atoms with van der Waals surface area (Å²) in [5.41, 5.74) is 6.40. The Kier molecular flexibility index (Phi) is 2.87. The molecule has 0 bridgehead atoms. The number of rotatable bonds is 3. The third kappa shape index (κ3) is 2.20. The Balaban J connectivity index is 2.94. The molecule has 0 amide bonds. The van der Waals surface area contributed by atoms with E-state index in [1.807, 2.05) is 6.07 Å². The summed E-state index contributed by atoms with van der Waals surface area (Å²) in [5, 5.41) is 11.7. The second kappa shape index (κ2) is 4.12. The molecule has 1 aromatic heterocycles. The van der Waals surface area contributed by atoms with Gasteiger partial charge < -0.3 is 11.1 Å². The maximum Gasteiger partial charge on any atom is 0.144 e. The number of nitrogens with zero attached hydrogens (tertiary/aromatic N) is 2. The van der Waals surface area contributed by atoms with Gasteiger partial charge in [0.1, 0.15) is 11.9 Å². The highest BCUT2D eigenvalue weighted by atomic mass is 15.0. The van der Waals surface area contributed by atoms with E-state index in [9.17, 15) is 0 Å². The monoisotopic (exact) mass is 174 g/mol. The van der Waals surface area contributed by atoms with Gasteiger partial charge in [0.25, 0.3) is 0 Å². The lowest BCUT2D eigenvalue weighted by atomic mass is 10.2. The quantitative estimate of drug-likeness (QED) is 0.673. The van der Waals surface area contributed by atoms with E-state index in [2.05, 4.69) is 16.9 Å². The minimum absolute atomic E-state index is 0.446. The molecule has 0 aliphatic carbocycles. The highest BCUT2D eigenvalue weighted by molar-refractivity contribution is 5.57. The molecule has 66 valence electrons. The molecule has 0 fully saturated rings. The van der Waals surface area contributed by atoms with Crippen LogP contribution in [0, 0.1) is 11.3 Å². The van der Waals surface area contributed by atoms with Crippen molar-refractivity contribution in [1.29, 1.82) is 5.26 Å². The van der Waals surface area contributed by atoms with Gasteiger partial charge in [0.2, 0.25) is 0 Å². The summed E-state index contributed by atoms with van der Waals surface area (Å²) in [6.07, 6.45) is 3.20. The number of aromatic nitrogens is 1. The van der Waals surface area contributed by atoms with Gasteiger partial charge in [-0.3, -0.25) is 0 Å². The van der Waals surface area contributed by atoms with Crippen LogP contribution >= 0.6 is 0 Å². The lowest BCUT2D eigenvalue weighted by molar-refractivity contribution is 1.22. The van der Waals surface area contributed by atoms with Crippen LogP contribution in [0.25, 0.3) is 0 Å². The van der Waals surface area contributed by atoms with Gasteiger partial charge in [-0.15, -0.1) is 6.58 Å². The van der Waals surface area contributed by atoms with Gasteiger partial charge >= 0.3 is 0 Å². The first kappa shape index (κ1) is 9.07. The fraction of sp³-hybridized carbons (Fsp3) is 0.111. The summed E-state index contributed by atoms with van der Waals surface area (Å²) in [5.74, 6) is 0.539. The number of anilines is 2. The maximum absolute atomic E-state index is 8.73. The summed E-state index contributed by atoms with van der Waals surface area (Å²) >= 11 is 0. The zero-order valence-electron chi connectivity index (χ0n) is 7.12. The van der Waals surface area contributed by atoms with E-state index in [1.165, 1.54) is 6.20 Å². The van der Waals surface area contributed by atoms with Gasteiger partial charge in [-0.25, -0.2) is 4.98 Å². The molecular weight excluding hydrogens is 164 g/mol. The van der Waals surface area contributed by atoms with E-state index in [1.54, 1.807) is 12.1 Å². The van der Waals surface area contributed by atoms with Crippen LogP contribution in [-0.4, -0.2) is 11.5 Å². The Morgan fingerprint density at radius 3 is 3.15 bits per heavy atom. The molecule has 0 unspecified atom stereocenters. The number of nitrogens with two attached hydrogens (primary N) is 1. The van der Waals surface area contributed by atoms with Gasteiger partial charge in [-0.2, -0.15) is 5.26 Å². The van der Waals surface area contributed by atoms with E-state index in [0.717, 1.165) is 0 Å². The SMILES string of the molecule is C=CCNc1ncc(N)cc1C#N. The Morgan fingerprint density at radius 1 is 1.77 bits per heavy atom.